The van der Waals surface area contributed by atoms with E-state index in [9.17, 15) is 10.2 Å². The molecule has 202 valence electrons. The Kier molecular flexibility index (Phi) is 10.7. The van der Waals surface area contributed by atoms with Crippen molar-refractivity contribution < 1.29 is 10.2 Å². The zero-order valence-electron chi connectivity index (χ0n) is 24.0. The van der Waals surface area contributed by atoms with E-state index in [1.54, 1.807) is 12.4 Å². The van der Waals surface area contributed by atoms with Crippen LogP contribution in [0.25, 0.3) is 0 Å². The van der Waals surface area contributed by atoms with Gasteiger partial charge in [-0.25, -0.2) is 0 Å². The number of nitrogens with zero attached hydrogens (tertiary/aromatic N) is 2. The number of hydrogen-bond donors (Lipinski definition) is 2. The Labute approximate surface area is 229 Å². The Morgan fingerprint density at radius 3 is 1.32 bits per heavy atom. The van der Waals surface area contributed by atoms with Gasteiger partial charge in [0.2, 0.25) is 0 Å². The highest BCUT2D eigenvalue weighted by atomic mass is 16.3. The predicted molar refractivity (Wildman–Crippen MR) is 162 cm³/mol. The molecule has 3 aromatic carbocycles. The summed E-state index contributed by atoms with van der Waals surface area (Å²) >= 11 is 0. The minimum Gasteiger partial charge on any atom is -0.507 e. The van der Waals surface area contributed by atoms with Crippen LogP contribution in [0.15, 0.2) is 58.5 Å². The number of hydrogen-bond acceptors (Lipinski definition) is 4. The summed E-state index contributed by atoms with van der Waals surface area (Å²) in [6.45, 7) is 13.0. The monoisotopic (exact) mass is 512 g/mol. The highest BCUT2D eigenvalue weighted by Gasteiger charge is 2.10. The first kappa shape index (κ1) is 29.2. The highest BCUT2D eigenvalue weighted by molar-refractivity contribution is 5.87. The second kappa shape index (κ2) is 13.9. The van der Waals surface area contributed by atoms with Crippen molar-refractivity contribution in [1.82, 2.24) is 0 Å². The van der Waals surface area contributed by atoms with Crippen molar-refractivity contribution in [3.8, 4) is 11.5 Å². The number of benzene rings is 3. The smallest absolute Gasteiger partial charge is 0.127 e. The van der Waals surface area contributed by atoms with Crippen molar-refractivity contribution >= 4 is 23.8 Å². The molecular weight excluding hydrogens is 468 g/mol. The number of aryl methyl sites for hydroxylation is 4. The molecule has 0 heterocycles. The molecule has 3 aromatic rings. The molecule has 0 radical (unpaired) electrons. The maximum Gasteiger partial charge on any atom is 0.127 e. The average Bonchev–Trinajstić information content (AvgIpc) is 2.90. The van der Waals surface area contributed by atoms with Crippen molar-refractivity contribution in [2.75, 3.05) is 0 Å². The minimum absolute atomic E-state index is 0.313. The number of aromatic hydroxyl groups is 2. The van der Waals surface area contributed by atoms with E-state index in [1.165, 1.54) is 11.1 Å². The van der Waals surface area contributed by atoms with E-state index in [1.807, 2.05) is 36.4 Å². The summed E-state index contributed by atoms with van der Waals surface area (Å²) in [5, 5.41) is 21.4. The molecule has 0 aromatic heterocycles. The summed E-state index contributed by atoms with van der Waals surface area (Å²) in [4.78, 5) is 9.23. The molecule has 0 aliphatic rings. The molecule has 0 saturated heterocycles. The molecule has 4 nitrogen and oxygen atoms in total. The molecule has 0 atom stereocenters. The average molecular weight is 513 g/mol. The molecule has 0 saturated carbocycles. The van der Waals surface area contributed by atoms with Gasteiger partial charge in [-0.3, -0.25) is 9.98 Å². The molecule has 0 bridgehead atoms. The van der Waals surface area contributed by atoms with Gasteiger partial charge >= 0.3 is 0 Å². The van der Waals surface area contributed by atoms with Crippen LogP contribution in [0, 0.1) is 11.8 Å². The van der Waals surface area contributed by atoms with Gasteiger partial charge in [-0.1, -0.05) is 53.7 Å². The first-order chi connectivity index (χ1) is 18.2. The van der Waals surface area contributed by atoms with Gasteiger partial charge < -0.3 is 10.2 Å². The fraction of sp³-hybridized carbons (Fsp3) is 0.412. The van der Waals surface area contributed by atoms with Crippen LogP contribution in [-0.4, -0.2) is 22.6 Å². The van der Waals surface area contributed by atoms with E-state index in [0.29, 0.717) is 23.3 Å². The van der Waals surface area contributed by atoms with Gasteiger partial charge in [0.1, 0.15) is 11.5 Å². The summed E-state index contributed by atoms with van der Waals surface area (Å²) in [5.74, 6) is 1.90. The molecule has 3 rings (SSSR count). The number of phenolic OH excluding ortho intramolecular Hbond substituents is 2. The number of rotatable bonds is 12. The maximum atomic E-state index is 10.7. The first-order valence-corrected chi connectivity index (χ1v) is 14.1. The third-order valence-electron chi connectivity index (χ3n) is 6.89. The van der Waals surface area contributed by atoms with E-state index in [0.717, 1.165) is 72.2 Å². The van der Waals surface area contributed by atoms with Crippen LogP contribution in [0.5, 0.6) is 11.5 Å². The zero-order chi connectivity index (χ0) is 27.7. The molecule has 0 fully saturated rings. The molecular formula is C34H44N2O2. The Bertz CT molecular complexity index is 1160. The topological polar surface area (TPSA) is 65.2 Å². The standard InChI is InChI=1S/C34H44N2O2/c1-7-27-17-25(11-9-23(3)4)19-29(33(27)37)21-35-31-13-15-32(16-14-31)36-22-30-20-26(12-10-24(5)6)18-28(8-2)34(30)38/h13-24,37-38H,7-12H2,1-6H3. The van der Waals surface area contributed by atoms with E-state index >= 15 is 0 Å². The molecule has 38 heavy (non-hydrogen) atoms. The lowest BCUT2D eigenvalue weighted by Crippen LogP contribution is -1.97. The minimum atomic E-state index is 0.313. The molecule has 4 heteroatoms. The third kappa shape index (κ3) is 8.31. The van der Waals surface area contributed by atoms with Crippen LogP contribution in [0.1, 0.15) is 87.8 Å². The van der Waals surface area contributed by atoms with Crippen LogP contribution in [0.4, 0.5) is 11.4 Å². The van der Waals surface area contributed by atoms with Gasteiger partial charge in [-0.05, 0) is 109 Å². The fourth-order valence-corrected chi connectivity index (χ4v) is 4.42. The zero-order valence-corrected chi connectivity index (χ0v) is 24.0. The van der Waals surface area contributed by atoms with E-state index in [-0.39, 0.29) is 0 Å². The first-order valence-electron chi connectivity index (χ1n) is 14.1. The summed E-state index contributed by atoms with van der Waals surface area (Å²) in [5.41, 5.74) is 7.49. The largest absolute Gasteiger partial charge is 0.507 e. The second-order valence-electron chi connectivity index (χ2n) is 11.0. The van der Waals surface area contributed by atoms with E-state index < -0.39 is 0 Å². The lowest BCUT2D eigenvalue weighted by Gasteiger charge is -2.11. The van der Waals surface area contributed by atoms with Gasteiger partial charge in [0, 0.05) is 23.6 Å². The molecule has 0 aliphatic carbocycles. The maximum absolute atomic E-state index is 10.7. The van der Waals surface area contributed by atoms with Gasteiger partial charge in [0.15, 0.2) is 0 Å². The Balaban J connectivity index is 1.77. The van der Waals surface area contributed by atoms with Crippen molar-refractivity contribution in [2.24, 2.45) is 21.8 Å². The van der Waals surface area contributed by atoms with Crippen molar-refractivity contribution in [2.45, 2.75) is 80.1 Å². The quantitative estimate of drug-likeness (QED) is 0.238. The summed E-state index contributed by atoms with van der Waals surface area (Å²) in [6.07, 6.45) is 9.29. The van der Waals surface area contributed by atoms with Crippen LogP contribution in [-0.2, 0) is 25.7 Å². The molecule has 0 aliphatic heterocycles. The highest BCUT2D eigenvalue weighted by Crippen LogP contribution is 2.28. The van der Waals surface area contributed by atoms with Gasteiger partial charge in [-0.15, -0.1) is 0 Å². The SMILES string of the molecule is CCc1cc(CCC(C)C)cc(C=Nc2ccc(N=Cc3cc(CCC(C)C)cc(CC)c3O)cc2)c1O. The lowest BCUT2D eigenvalue weighted by atomic mass is 9.97. The van der Waals surface area contributed by atoms with Gasteiger partial charge in [-0.2, -0.15) is 0 Å². The summed E-state index contributed by atoms with van der Waals surface area (Å²) < 4.78 is 0. The van der Waals surface area contributed by atoms with Crippen LogP contribution in [0.3, 0.4) is 0 Å². The molecule has 2 N–H and O–H groups in total. The summed E-state index contributed by atoms with van der Waals surface area (Å²) in [6, 6.07) is 16.0. The molecule has 0 spiro atoms. The number of aliphatic imine (C=N–C) groups is 2. The molecule has 0 amide bonds. The van der Waals surface area contributed by atoms with Crippen LogP contribution < -0.4 is 0 Å². The van der Waals surface area contributed by atoms with Crippen molar-refractivity contribution in [3.05, 3.63) is 81.9 Å². The Morgan fingerprint density at radius 2 is 1.00 bits per heavy atom. The fourth-order valence-electron chi connectivity index (χ4n) is 4.42. The van der Waals surface area contributed by atoms with Crippen molar-refractivity contribution in [1.29, 1.82) is 0 Å². The lowest BCUT2D eigenvalue weighted by molar-refractivity contribution is 0.467. The van der Waals surface area contributed by atoms with Crippen LogP contribution in [0.2, 0.25) is 0 Å². The third-order valence-corrected chi connectivity index (χ3v) is 6.89. The Hall–Kier alpha value is -3.40. The van der Waals surface area contributed by atoms with Gasteiger partial charge in [0.05, 0.1) is 11.4 Å². The normalized spacial score (nSPS) is 12.0. The van der Waals surface area contributed by atoms with E-state index in [2.05, 4.69) is 63.7 Å². The van der Waals surface area contributed by atoms with Crippen molar-refractivity contribution in [3.63, 3.8) is 0 Å². The van der Waals surface area contributed by atoms with E-state index in [4.69, 9.17) is 0 Å². The number of phenols is 2. The molecule has 0 unspecified atom stereocenters. The Morgan fingerprint density at radius 1 is 0.632 bits per heavy atom. The summed E-state index contributed by atoms with van der Waals surface area (Å²) in [7, 11) is 0. The second-order valence-corrected chi connectivity index (χ2v) is 11.0. The predicted octanol–water partition coefficient (Wildman–Crippen LogP) is 8.90. The van der Waals surface area contributed by atoms with Crippen LogP contribution >= 0.6 is 0 Å². The van der Waals surface area contributed by atoms with Gasteiger partial charge in [0.25, 0.3) is 0 Å².